The summed E-state index contributed by atoms with van der Waals surface area (Å²) in [5, 5.41) is 0. The lowest BCUT2D eigenvalue weighted by molar-refractivity contribution is -0.137. The third-order valence-corrected chi connectivity index (χ3v) is 7.77. The van der Waals surface area contributed by atoms with Crippen LogP contribution < -0.4 is 0 Å². The Hall–Kier alpha value is -2.95. The quantitative estimate of drug-likeness (QED) is 0.513. The monoisotopic (exact) mass is 454 g/mol. The third-order valence-electron chi connectivity index (χ3n) is 7.77. The van der Waals surface area contributed by atoms with E-state index in [1.807, 2.05) is 4.90 Å². The maximum Gasteiger partial charge on any atom is 0.248 e. The Morgan fingerprint density at radius 1 is 0.882 bits per heavy atom. The number of hydrogen-bond donors (Lipinski definition) is 0. The molecule has 34 heavy (non-hydrogen) atoms. The minimum absolute atomic E-state index is 0.113. The number of nitrogens with zero attached hydrogens (tertiary/aromatic N) is 2. The van der Waals surface area contributed by atoms with Gasteiger partial charge < -0.3 is 9.64 Å². The smallest absolute Gasteiger partial charge is 0.248 e. The van der Waals surface area contributed by atoms with Crippen LogP contribution in [0.1, 0.15) is 29.9 Å². The Kier molecular flexibility index (Phi) is 6.80. The highest BCUT2D eigenvalue weighted by Crippen LogP contribution is 2.50. The summed E-state index contributed by atoms with van der Waals surface area (Å²) in [6.45, 7) is 4.94. The molecule has 2 fully saturated rings. The molecule has 3 aromatic rings. The molecule has 2 aliphatic heterocycles. The summed E-state index contributed by atoms with van der Waals surface area (Å²) in [5.41, 5.74) is 5.53. The third kappa shape index (κ3) is 4.79. The van der Waals surface area contributed by atoms with Crippen molar-refractivity contribution in [1.29, 1.82) is 0 Å². The highest BCUT2D eigenvalue weighted by molar-refractivity contribution is 5.77. The number of carbonyl (C=O) groups excluding carboxylic acids is 1. The molecule has 1 spiro atoms. The minimum atomic E-state index is 0.113. The summed E-state index contributed by atoms with van der Waals surface area (Å²) in [5.74, 6) is 0.610. The van der Waals surface area contributed by atoms with Gasteiger partial charge in [-0.05, 0) is 40.5 Å². The van der Waals surface area contributed by atoms with Gasteiger partial charge in [-0.2, -0.15) is 0 Å². The zero-order valence-corrected chi connectivity index (χ0v) is 20.0. The van der Waals surface area contributed by atoms with E-state index in [-0.39, 0.29) is 17.9 Å². The van der Waals surface area contributed by atoms with Gasteiger partial charge in [0, 0.05) is 45.8 Å². The highest BCUT2D eigenvalue weighted by atomic mass is 16.5. The van der Waals surface area contributed by atoms with Crippen molar-refractivity contribution in [1.82, 2.24) is 9.80 Å². The van der Waals surface area contributed by atoms with E-state index in [2.05, 4.69) is 89.8 Å². The number of amides is 1. The van der Waals surface area contributed by atoms with Crippen molar-refractivity contribution in [3.05, 3.63) is 96.1 Å². The first-order valence-electron chi connectivity index (χ1n) is 12.4. The van der Waals surface area contributed by atoms with Gasteiger partial charge in [0.15, 0.2) is 0 Å². The number of likely N-dealkylation sites (tertiary alicyclic amines) is 2. The molecule has 1 amide bonds. The molecule has 4 heteroatoms. The van der Waals surface area contributed by atoms with Gasteiger partial charge in [0.25, 0.3) is 0 Å². The van der Waals surface area contributed by atoms with Gasteiger partial charge >= 0.3 is 0 Å². The predicted molar refractivity (Wildman–Crippen MR) is 136 cm³/mol. The summed E-state index contributed by atoms with van der Waals surface area (Å²) in [7, 11) is 1.59. The zero-order valence-electron chi connectivity index (χ0n) is 20.0. The first-order valence-corrected chi connectivity index (χ1v) is 12.4. The molecule has 0 unspecified atom stereocenters. The molecular weight excluding hydrogens is 420 g/mol. The van der Waals surface area contributed by atoms with E-state index in [9.17, 15) is 4.79 Å². The van der Waals surface area contributed by atoms with Crippen molar-refractivity contribution in [2.24, 2.45) is 5.41 Å². The van der Waals surface area contributed by atoms with E-state index in [1.54, 1.807) is 7.11 Å². The lowest BCUT2D eigenvalue weighted by Crippen LogP contribution is -2.47. The van der Waals surface area contributed by atoms with Crippen LogP contribution in [-0.4, -0.2) is 55.6 Å². The van der Waals surface area contributed by atoms with E-state index in [0.29, 0.717) is 5.92 Å². The minimum Gasteiger partial charge on any atom is -0.375 e. The molecule has 4 nitrogen and oxygen atoms in total. The maximum atomic E-state index is 12.4. The average Bonchev–Trinajstić information content (AvgIpc) is 3.23. The molecule has 1 atom stereocenters. The number of carbonyl (C=O) groups is 1. The van der Waals surface area contributed by atoms with E-state index >= 15 is 0 Å². The number of ether oxygens (including phenoxy) is 1. The first kappa shape index (κ1) is 22.8. The summed E-state index contributed by atoms with van der Waals surface area (Å²) < 4.78 is 5.08. The van der Waals surface area contributed by atoms with Crippen molar-refractivity contribution in [2.75, 3.05) is 39.9 Å². The Labute approximate surface area is 203 Å². The van der Waals surface area contributed by atoms with Crippen LogP contribution in [0.25, 0.3) is 11.1 Å². The molecule has 0 bridgehead atoms. The molecule has 0 aromatic heterocycles. The van der Waals surface area contributed by atoms with Crippen LogP contribution in [0, 0.1) is 5.41 Å². The predicted octanol–water partition coefficient (Wildman–Crippen LogP) is 5.21. The van der Waals surface area contributed by atoms with Crippen molar-refractivity contribution in [3.8, 4) is 11.1 Å². The molecule has 2 heterocycles. The number of hydrogen-bond acceptors (Lipinski definition) is 3. The van der Waals surface area contributed by atoms with Crippen LogP contribution >= 0.6 is 0 Å². The van der Waals surface area contributed by atoms with Gasteiger partial charge in [-0.15, -0.1) is 0 Å². The fraction of sp³-hybridized carbons (Fsp3) is 0.367. The molecule has 0 N–H and O–H groups in total. The van der Waals surface area contributed by atoms with Crippen LogP contribution in [0.3, 0.4) is 0 Å². The SMILES string of the molecule is COCC(=O)N1CCC2(CC1)CN(Cc1ccc(-c3ccccc3)cc1)C[C@@H]2c1ccccc1. The second-order valence-corrected chi connectivity index (χ2v) is 9.87. The lowest BCUT2D eigenvalue weighted by Gasteiger charge is -2.43. The molecule has 3 aromatic carbocycles. The molecule has 0 aliphatic carbocycles. The van der Waals surface area contributed by atoms with Crippen molar-refractivity contribution < 1.29 is 9.53 Å². The second kappa shape index (κ2) is 10.1. The summed E-state index contributed by atoms with van der Waals surface area (Å²) in [6.07, 6.45) is 2.09. The largest absolute Gasteiger partial charge is 0.375 e. The van der Waals surface area contributed by atoms with E-state index in [1.165, 1.54) is 22.3 Å². The van der Waals surface area contributed by atoms with E-state index in [0.717, 1.165) is 45.6 Å². The molecule has 5 rings (SSSR count). The molecule has 176 valence electrons. The number of rotatable bonds is 6. The highest BCUT2D eigenvalue weighted by Gasteiger charge is 2.48. The van der Waals surface area contributed by atoms with Crippen molar-refractivity contribution >= 4 is 5.91 Å². The van der Waals surface area contributed by atoms with Gasteiger partial charge in [0.1, 0.15) is 6.61 Å². The standard InChI is InChI=1S/C30H34N2O2/c1-34-22-29(33)32-18-16-30(17-19-32)23-31(21-28(30)27-10-6-3-7-11-27)20-24-12-14-26(15-13-24)25-8-4-2-5-9-25/h2-15,28H,16-23H2,1H3/t28-/m1/s1. The van der Waals surface area contributed by atoms with Crippen molar-refractivity contribution in [3.63, 3.8) is 0 Å². The summed E-state index contributed by atoms with van der Waals surface area (Å²) >= 11 is 0. The summed E-state index contributed by atoms with van der Waals surface area (Å²) in [4.78, 5) is 17.0. The fourth-order valence-corrected chi connectivity index (χ4v) is 5.95. The topological polar surface area (TPSA) is 32.8 Å². The molecular formula is C30H34N2O2. The van der Waals surface area contributed by atoms with Crippen LogP contribution in [0.5, 0.6) is 0 Å². The second-order valence-electron chi connectivity index (χ2n) is 9.87. The molecule has 2 aliphatic rings. The zero-order chi connectivity index (χ0) is 23.4. The lowest BCUT2D eigenvalue weighted by atomic mass is 9.68. The van der Waals surface area contributed by atoms with Crippen molar-refractivity contribution in [2.45, 2.75) is 25.3 Å². The van der Waals surface area contributed by atoms with Gasteiger partial charge in [0.05, 0.1) is 0 Å². The number of benzene rings is 3. The Bertz CT molecular complexity index is 1070. The number of methoxy groups -OCH3 is 1. The molecule has 0 saturated carbocycles. The van der Waals surface area contributed by atoms with Crippen LogP contribution in [0.4, 0.5) is 0 Å². The molecule has 2 saturated heterocycles. The number of piperidine rings is 1. The van der Waals surface area contributed by atoms with Crippen LogP contribution in [0.15, 0.2) is 84.9 Å². The normalized spacial score (nSPS) is 20.0. The van der Waals surface area contributed by atoms with Gasteiger partial charge in [-0.1, -0.05) is 84.9 Å². The van der Waals surface area contributed by atoms with E-state index < -0.39 is 0 Å². The van der Waals surface area contributed by atoms with Crippen LogP contribution in [0.2, 0.25) is 0 Å². The van der Waals surface area contributed by atoms with E-state index in [4.69, 9.17) is 4.74 Å². The van der Waals surface area contributed by atoms with Gasteiger partial charge in [-0.25, -0.2) is 0 Å². The molecule has 0 radical (unpaired) electrons. The first-order chi connectivity index (χ1) is 16.7. The fourth-order valence-electron chi connectivity index (χ4n) is 5.95. The average molecular weight is 455 g/mol. The Morgan fingerprint density at radius 2 is 1.50 bits per heavy atom. The van der Waals surface area contributed by atoms with Gasteiger partial charge in [0.2, 0.25) is 5.91 Å². The maximum absolute atomic E-state index is 12.4. The van der Waals surface area contributed by atoms with Crippen LogP contribution in [-0.2, 0) is 16.1 Å². The van der Waals surface area contributed by atoms with Gasteiger partial charge in [-0.3, -0.25) is 9.69 Å². The summed E-state index contributed by atoms with van der Waals surface area (Å²) in [6, 6.07) is 30.6. The Morgan fingerprint density at radius 3 is 2.15 bits per heavy atom. The Balaban J connectivity index is 1.31.